The van der Waals surface area contributed by atoms with Crippen molar-refractivity contribution in [1.29, 1.82) is 0 Å². The van der Waals surface area contributed by atoms with Crippen LogP contribution in [0.4, 0.5) is 0 Å². The Kier molecular flexibility index (Phi) is 5.95. The number of rotatable bonds is 6. The van der Waals surface area contributed by atoms with E-state index in [-0.39, 0.29) is 18.9 Å². The fourth-order valence-electron chi connectivity index (χ4n) is 2.45. The summed E-state index contributed by atoms with van der Waals surface area (Å²) in [4.78, 5) is 24.0. The monoisotopic (exact) mass is 385 g/mol. The Morgan fingerprint density at radius 2 is 2.04 bits per heavy atom. The maximum atomic E-state index is 12.1. The summed E-state index contributed by atoms with van der Waals surface area (Å²) in [6, 6.07) is 11.9. The maximum absolute atomic E-state index is 12.1. The van der Waals surface area contributed by atoms with Crippen LogP contribution in [0.25, 0.3) is 0 Å². The number of aromatic hydroxyl groups is 1. The lowest BCUT2D eigenvalue weighted by atomic mass is 10.2. The largest absolute Gasteiger partial charge is 0.504 e. The van der Waals surface area contributed by atoms with Crippen molar-refractivity contribution in [3.63, 3.8) is 0 Å². The molecule has 1 atom stereocenters. The molecule has 1 aliphatic rings. The zero-order valence-corrected chi connectivity index (χ0v) is 15.0. The average molecular weight is 385 g/mol. The van der Waals surface area contributed by atoms with E-state index in [0.29, 0.717) is 22.8 Å². The van der Waals surface area contributed by atoms with Gasteiger partial charge in [0.2, 0.25) is 6.10 Å². The zero-order valence-electron chi connectivity index (χ0n) is 15.0. The Balaban J connectivity index is 1.46. The summed E-state index contributed by atoms with van der Waals surface area (Å²) in [5, 5.41) is 16.1. The first-order chi connectivity index (χ1) is 13.6. The van der Waals surface area contributed by atoms with Crippen molar-refractivity contribution < 1.29 is 28.9 Å². The highest BCUT2D eigenvalue weighted by Crippen LogP contribution is 2.31. The molecular formula is C19H19N3O6. The van der Waals surface area contributed by atoms with Crippen molar-refractivity contribution in [2.24, 2.45) is 5.10 Å². The van der Waals surface area contributed by atoms with Crippen LogP contribution in [0, 0.1) is 0 Å². The number of hydrogen-bond acceptors (Lipinski definition) is 7. The van der Waals surface area contributed by atoms with E-state index in [4.69, 9.17) is 14.2 Å². The molecule has 146 valence electrons. The highest BCUT2D eigenvalue weighted by molar-refractivity contribution is 5.89. The summed E-state index contributed by atoms with van der Waals surface area (Å²) in [6.07, 6.45) is 0.423. The Bertz CT molecular complexity index is 899. The third-order valence-corrected chi connectivity index (χ3v) is 3.87. The van der Waals surface area contributed by atoms with E-state index in [0.717, 1.165) is 0 Å². The Labute approximate surface area is 160 Å². The number of hydrazone groups is 1. The molecule has 3 N–H and O–H groups in total. The molecule has 0 aliphatic carbocycles. The molecule has 2 amide bonds. The predicted octanol–water partition coefficient (Wildman–Crippen LogP) is 0.807. The Hall–Kier alpha value is -3.75. The average Bonchev–Trinajstić information content (AvgIpc) is 2.73. The molecule has 0 saturated carbocycles. The molecule has 2 aromatic rings. The minimum atomic E-state index is -0.847. The molecule has 0 unspecified atom stereocenters. The van der Waals surface area contributed by atoms with Gasteiger partial charge in [0.15, 0.2) is 23.0 Å². The molecule has 0 saturated heterocycles. The normalized spacial score (nSPS) is 15.1. The number of carbonyl (C=O) groups is 2. The van der Waals surface area contributed by atoms with Crippen molar-refractivity contribution in [2.45, 2.75) is 6.10 Å². The van der Waals surface area contributed by atoms with Crippen LogP contribution in [-0.2, 0) is 9.59 Å². The third kappa shape index (κ3) is 4.50. The molecule has 0 spiro atoms. The van der Waals surface area contributed by atoms with E-state index in [1.807, 2.05) is 0 Å². The van der Waals surface area contributed by atoms with E-state index in [2.05, 4.69) is 15.8 Å². The van der Waals surface area contributed by atoms with Gasteiger partial charge in [-0.15, -0.1) is 0 Å². The molecule has 0 fully saturated rings. The fraction of sp³-hybridized carbons (Fsp3) is 0.211. The first-order valence-corrected chi connectivity index (χ1v) is 8.42. The number of methoxy groups -OCH3 is 1. The number of para-hydroxylation sites is 3. The Morgan fingerprint density at radius 3 is 2.82 bits per heavy atom. The van der Waals surface area contributed by atoms with Gasteiger partial charge in [-0.1, -0.05) is 18.2 Å². The highest BCUT2D eigenvalue weighted by atomic mass is 16.6. The van der Waals surface area contributed by atoms with E-state index in [1.165, 1.54) is 13.3 Å². The molecule has 0 radical (unpaired) electrons. The number of benzene rings is 2. The van der Waals surface area contributed by atoms with Crippen LogP contribution >= 0.6 is 0 Å². The summed E-state index contributed by atoms with van der Waals surface area (Å²) < 4.78 is 16.0. The van der Waals surface area contributed by atoms with Crippen molar-refractivity contribution >= 4 is 18.0 Å². The number of hydrogen-bond donors (Lipinski definition) is 3. The minimum absolute atomic E-state index is 0.0533. The summed E-state index contributed by atoms with van der Waals surface area (Å²) in [7, 11) is 1.43. The molecule has 0 bridgehead atoms. The maximum Gasteiger partial charge on any atom is 0.265 e. The molecule has 1 heterocycles. The van der Waals surface area contributed by atoms with E-state index in [1.54, 1.807) is 42.5 Å². The van der Waals surface area contributed by atoms with Gasteiger partial charge in [0.25, 0.3) is 11.8 Å². The molecule has 9 heteroatoms. The standard InChI is InChI=1S/C19H19N3O6/c1-26-15-8-4-5-12(18(15)24)9-21-22-17(23)10-20-19(25)16-11-27-13-6-2-3-7-14(13)28-16/h2-9,16,24H,10-11H2,1H3,(H,20,25)(H,22,23)/b21-9+/t16-/m0/s1. The first kappa shape index (κ1) is 19.0. The van der Waals surface area contributed by atoms with E-state index >= 15 is 0 Å². The summed E-state index contributed by atoms with van der Waals surface area (Å²) in [6.45, 7) is -0.237. The number of phenolic OH excluding ortho intramolecular Hbond substituents is 1. The number of ether oxygens (including phenoxy) is 3. The molecule has 1 aliphatic heterocycles. The summed E-state index contributed by atoms with van der Waals surface area (Å²) >= 11 is 0. The van der Waals surface area contributed by atoms with Gasteiger partial charge in [-0.3, -0.25) is 9.59 Å². The number of phenols is 1. The quantitative estimate of drug-likeness (QED) is 0.500. The number of amides is 2. The van der Waals surface area contributed by atoms with Crippen LogP contribution in [-0.4, -0.2) is 49.5 Å². The number of fused-ring (bicyclic) bond motifs is 1. The van der Waals surface area contributed by atoms with Crippen molar-refractivity contribution in [2.75, 3.05) is 20.3 Å². The van der Waals surface area contributed by atoms with Gasteiger partial charge < -0.3 is 24.6 Å². The topological polar surface area (TPSA) is 118 Å². The number of nitrogens with one attached hydrogen (secondary N) is 2. The fourth-order valence-corrected chi connectivity index (χ4v) is 2.45. The second-order valence-corrected chi connectivity index (χ2v) is 5.77. The molecular weight excluding hydrogens is 366 g/mol. The van der Waals surface area contributed by atoms with Gasteiger partial charge in [0.1, 0.15) is 6.61 Å². The smallest absolute Gasteiger partial charge is 0.265 e. The van der Waals surface area contributed by atoms with Gasteiger partial charge >= 0.3 is 0 Å². The first-order valence-electron chi connectivity index (χ1n) is 8.42. The lowest BCUT2D eigenvalue weighted by Gasteiger charge is -2.25. The molecule has 3 rings (SSSR count). The van der Waals surface area contributed by atoms with E-state index < -0.39 is 17.9 Å². The van der Waals surface area contributed by atoms with Crippen LogP contribution in [0.5, 0.6) is 23.0 Å². The van der Waals surface area contributed by atoms with Gasteiger partial charge in [-0.25, -0.2) is 5.43 Å². The third-order valence-electron chi connectivity index (χ3n) is 3.87. The lowest BCUT2D eigenvalue weighted by Crippen LogP contribution is -2.46. The summed E-state index contributed by atoms with van der Waals surface area (Å²) in [5.41, 5.74) is 2.63. The van der Waals surface area contributed by atoms with Crippen molar-refractivity contribution in [3.8, 4) is 23.0 Å². The van der Waals surface area contributed by atoms with Crippen molar-refractivity contribution in [3.05, 3.63) is 48.0 Å². The van der Waals surface area contributed by atoms with Crippen LogP contribution in [0.1, 0.15) is 5.56 Å². The SMILES string of the molecule is COc1cccc(/C=N/NC(=O)CNC(=O)[C@@H]2COc3ccccc3O2)c1O. The number of carbonyl (C=O) groups excluding carboxylic acids is 2. The zero-order chi connectivity index (χ0) is 19.9. The van der Waals surface area contributed by atoms with Gasteiger partial charge in [0, 0.05) is 5.56 Å². The minimum Gasteiger partial charge on any atom is -0.504 e. The van der Waals surface area contributed by atoms with Crippen LogP contribution in [0.15, 0.2) is 47.6 Å². The van der Waals surface area contributed by atoms with Crippen molar-refractivity contribution in [1.82, 2.24) is 10.7 Å². The van der Waals surface area contributed by atoms with Crippen LogP contribution < -0.4 is 25.0 Å². The highest BCUT2D eigenvalue weighted by Gasteiger charge is 2.27. The molecule has 0 aromatic heterocycles. The van der Waals surface area contributed by atoms with Gasteiger partial charge in [-0.05, 0) is 24.3 Å². The molecule has 9 nitrogen and oxygen atoms in total. The Morgan fingerprint density at radius 1 is 1.25 bits per heavy atom. The lowest BCUT2D eigenvalue weighted by molar-refractivity contribution is -0.132. The van der Waals surface area contributed by atoms with E-state index in [9.17, 15) is 14.7 Å². The second kappa shape index (κ2) is 8.76. The van der Waals surface area contributed by atoms with Crippen LogP contribution in [0.3, 0.4) is 0 Å². The van der Waals surface area contributed by atoms with Gasteiger partial charge in [0.05, 0.1) is 19.9 Å². The second-order valence-electron chi connectivity index (χ2n) is 5.77. The van der Waals surface area contributed by atoms with Crippen LogP contribution in [0.2, 0.25) is 0 Å². The molecule has 2 aromatic carbocycles. The van der Waals surface area contributed by atoms with Gasteiger partial charge in [-0.2, -0.15) is 5.10 Å². The predicted molar refractivity (Wildman–Crippen MR) is 99.8 cm³/mol. The molecule has 28 heavy (non-hydrogen) atoms. The number of nitrogens with zero attached hydrogens (tertiary/aromatic N) is 1. The summed E-state index contributed by atoms with van der Waals surface area (Å²) in [5.74, 6) is 0.230.